The molecule has 1 fully saturated rings. The van der Waals surface area contributed by atoms with Crippen LogP contribution in [0.1, 0.15) is 18.9 Å². The number of halogens is 1. The predicted octanol–water partition coefficient (Wildman–Crippen LogP) is 1.17. The minimum absolute atomic E-state index is 0.0591. The molecule has 1 saturated heterocycles. The quantitative estimate of drug-likeness (QED) is 0.817. The molecular formula is C13H16FN3OS. The van der Waals surface area contributed by atoms with Crippen molar-refractivity contribution in [2.45, 2.75) is 19.4 Å². The number of hydrogen-bond acceptors (Lipinski definition) is 3. The molecule has 2 rings (SSSR count). The standard InChI is InChI=1S/C13H16FN3OS/c1-8(18)16-10-4-5-17(7-10)12-3-2-9(13(15)19)6-11(12)14/h2-3,6,10H,4-5,7H2,1H3,(H2,15,19)(H,16,18). The number of rotatable bonds is 3. The van der Waals surface area contributed by atoms with Gasteiger partial charge in [0, 0.05) is 31.6 Å². The molecule has 0 spiro atoms. The Balaban J connectivity index is 2.11. The molecule has 1 unspecified atom stereocenters. The molecule has 1 amide bonds. The fourth-order valence-electron chi connectivity index (χ4n) is 2.30. The van der Waals surface area contributed by atoms with Crippen LogP contribution in [0.5, 0.6) is 0 Å². The molecule has 1 heterocycles. The zero-order valence-electron chi connectivity index (χ0n) is 10.6. The van der Waals surface area contributed by atoms with E-state index >= 15 is 0 Å². The Morgan fingerprint density at radius 1 is 1.58 bits per heavy atom. The zero-order valence-corrected chi connectivity index (χ0v) is 11.5. The molecule has 0 aliphatic carbocycles. The number of amides is 1. The third-order valence-corrected chi connectivity index (χ3v) is 3.40. The first-order chi connectivity index (χ1) is 8.97. The lowest BCUT2D eigenvalue weighted by Crippen LogP contribution is -2.35. The maximum atomic E-state index is 14.0. The first-order valence-electron chi connectivity index (χ1n) is 6.09. The number of anilines is 1. The fourth-order valence-corrected chi connectivity index (χ4v) is 2.43. The molecule has 1 aliphatic heterocycles. The van der Waals surface area contributed by atoms with E-state index in [0.29, 0.717) is 24.3 Å². The number of benzene rings is 1. The normalized spacial score (nSPS) is 18.4. The van der Waals surface area contributed by atoms with Gasteiger partial charge in [-0.2, -0.15) is 0 Å². The van der Waals surface area contributed by atoms with Crippen molar-refractivity contribution in [1.82, 2.24) is 5.32 Å². The van der Waals surface area contributed by atoms with Crippen LogP contribution in [-0.4, -0.2) is 30.0 Å². The van der Waals surface area contributed by atoms with Crippen molar-refractivity contribution in [2.24, 2.45) is 5.73 Å². The molecule has 1 atom stereocenters. The molecule has 0 aromatic heterocycles. The second-order valence-corrected chi connectivity index (χ2v) is 5.10. The van der Waals surface area contributed by atoms with Crippen molar-refractivity contribution in [1.29, 1.82) is 0 Å². The lowest BCUT2D eigenvalue weighted by atomic mass is 10.2. The Morgan fingerprint density at radius 2 is 2.32 bits per heavy atom. The van der Waals surface area contributed by atoms with Crippen molar-refractivity contribution in [3.63, 3.8) is 0 Å². The van der Waals surface area contributed by atoms with Crippen LogP contribution in [0.4, 0.5) is 10.1 Å². The lowest BCUT2D eigenvalue weighted by Gasteiger charge is -2.20. The van der Waals surface area contributed by atoms with Gasteiger partial charge in [0.15, 0.2) is 0 Å². The van der Waals surface area contributed by atoms with E-state index in [1.165, 1.54) is 13.0 Å². The van der Waals surface area contributed by atoms with Gasteiger partial charge in [0.2, 0.25) is 5.91 Å². The summed E-state index contributed by atoms with van der Waals surface area (Å²) in [4.78, 5) is 13.1. The molecular weight excluding hydrogens is 265 g/mol. The molecule has 3 N–H and O–H groups in total. The molecule has 102 valence electrons. The minimum Gasteiger partial charge on any atom is -0.389 e. The Labute approximate surface area is 116 Å². The van der Waals surface area contributed by atoms with E-state index in [-0.39, 0.29) is 22.8 Å². The summed E-state index contributed by atoms with van der Waals surface area (Å²) in [7, 11) is 0. The number of nitrogens with two attached hydrogens (primary N) is 1. The maximum Gasteiger partial charge on any atom is 0.217 e. The van der Waals surface area contributed by atoms with Gasteiger partial charge in [0.05, 0.1) is 5.69 Å². The predicted molar refractivity (Wildman–Crippen MR) is 76.7 cm³/mol. The van der Waals surface area contributed by atoms with Gasteiger partial charge in [-0.25, -0.2) is 4.39 Å². The monoisotopic (exact) mass is 281 g/mol. The van der Waals surface area contributed by atoms with E-state index in [9.17, 15) is 9.18 Å². The Bertz CT molecular complexity index is 521. The average molecular weight is 281 g/mol. The second-order valence-electron chi connectivity index (χ2n) is 4.66. The summed E-state index contributed by atoms with van der Waals surface area (Å²) < 4.78 is 14.0. The van der Waals surface area contributed by atoms with Crippen LogP contribution in [-0.2, 0) is 4.79 Å². The average Bonchev–Trinajstić information content (AvgIpc) is 2.76. The van der Waals surface area contributed by atoms with Gasteiger partial charge < -0.3 is 16.0 Å². The maximum absolute atomic E-state index is 14.0. The van der Waals surface area contributed by atoms with E-state index in [0.717, 1.165) is 6.42 Å². The highest BCUT2D eigenvalue weighted by Crippen LogP contribution is 2.24. The SMILES string of the molecule is CC(=O)NC1CCN(c2ccc(C(N)=S)cc2F)C1. The van der Waals surface area contributed by atoms with Crippen LogP contribution < -0.4 is 16.0 Å². The summed E-state index contributed by atoms with van der Waals surface area (Å²) in [5.74, 6) is -0.398. The van der Waals surface area contributed by atoms with E-state index in [2.05, 4.69) is 5.32 Å². The summed E-state index contributed by atoms with van der Waals surface area (Å²) in [6.07, 6.45) is 0.816. The first-order valence-corrected chi connectivity index (χ1v) is 6.49. The number of nitrogens with zero attached hydrogens (tertiary/aromatic N) is 1. The molecule has 6 heteroatoms. The van der Waals surface area contributed by atoms with E-state index in [1.54, 1.807) is 12.1 Å². The number of thiocarbonyl (C=S) groups is 1. The Morgan fingerprint density at radius 3 is 2.89 bits per heavy atom. The smallest absolute Gasteiger partial charge is 0.217 e. The Kier molecular flexibility index (Phi) is 3.99. The van der Waals surface area contributed by atoms with Gasteiger partial charge in [-0.05, 0) is 24.6 Å². The summed E-state index contributed by atoms with van der Waals surface area (Å²) in [6, 6.07) is 4.82. The van der Waals surface area contributed by atoms with Crippen LogP contribution in [0.3, 0.4) is 0 Å². The van der Waals surface area contributed by atoms with Crippen LogP contribution in [0.25, 0.3) is 0 Å². The van der Waals surface area contributed by atoms with Crippen molar-refractivity contribution in [3.8, 4) is 0 Å². The van der Waals surface area contributed by atoms with Crippen molar-refractivity contribution < 1.29 is 9.18 Å². The third kappa shape index (κ3) is 3.20. The van der Waals surface area contributed by atoms with E-state index < -0.39 is 0 Å². The highest BCUT2D eigenvalue weighted by atomic mass is 32.1. The second kappa shape index (κ2) is 5.52. The van der Waals surface area contributed by atoms with Gasteiger partial charge in [0.1, 0.15) is 10.8 Å². The molecule has 1 aromatic rings. The summed E-state index contributed by atoms with van der Waals surface area (Å²) in [5, 5.41) is 2.85. The van der Waals surface area contributed by atoms with Crippen molar-refractivity contribution in [2.75, 3.05) is 18.0 Å². The van der Waals surface area contributed by atoms with Crippen LogP contribution in [0.15, 0.2) is 18.2 Å². The zero-order chi connectivity index (χ0) is 14.0. The largest absolute Gasteiger partial charge is 0.389 e. The molecule has 1 aliphatic rings. The highest BCUT2D eigenvalue weighted by Gasteiger charge is 2.25. The molecule has 19 heavy (non-hydrogen) atoms. The molecule has 4 nitrogen and oxygen atoms in total. The summed E-state index contributed by atoms with van der Waals surface area (Å²) in [6.45, 7) is 2.82. The topological polar surface area (TPSA) is 58.4 Å². The highest BCUT2D eigenvalue weighted by molar-refractivity contribution is 7.80. The molecule has 0 radical (unpaired) electrons. The summed E-state index contributed by atoms with van der Waals surface area (Å²) in [5.41, 5.74) is 6.51. The number of nitrogens with one attached hydrogen (secondary N) is 1. The van der Waals surface area contributed by atoms with Crippen LogP contribution in [0, 0.1) is 5.82 Å². The fraction of sp³-hybridized carbons (Fsp3) is 0.385. The van der Waals surface area contributed by atoms with Gasteiger partial charge >= 0.3 is 0 Å². The van der Waals surface area contributed by atoms with Gasteiger partial charge in [-0.1, -0.05) is 12.2 Å². The molecule has 0 saturated carbocycles. The third-order valence-electron chi connectivity index (χ3n) is 3.17. The minimum atomic E-state index is -0.339. The van der Waals surface area contributed by atoms with Crippen molar-refractivity contribution >= 4 is 28.8 Å². The number of carbonyl (C=O) groups excluding carboxylic acids is 1. The van der Waals surface area contributed by atoms with Crippen molar-refractivity contribution in [3.05, 3.63) is 29.6 Å². The van der Waals surface area contributed by atoms with Crippen LogP contribution in [0.2, 0.25) is 0 Å². The Hall–Kier alpha value is -1.69. The molecule has 1 aromatic carbocycles. The van der Waals surface area contributed by atoms with Crippen LogP contribution >= 0.6 is 12.2 Å². The van der Waals surface area contributed by atoms with Gasteiger partial charge in [-0.3, -0.25) is 4.79 Å². The van der Waals surface area contributed by atoms with Gasteiger partial charge in [0.25, 0.3) is 0 Å². The van der Waals surface area contributed by atoms with Gasteiger partial charge in [-0.15, -0.1) is 0 Å². The molecule has 0 bridgehead atoms. The lowest BCUT2D eigenvalue weighted by molar-refractivity contribution is -0.119. The number of hydrogen-bond donors (Lipinski definition) is 2. The summed E-state index contributed by atoms with van der Waals surface area (Å²) >= 11 is 4.82. The van der Waals surface area contributed by atoms with E-state index in [1.807, 2.05) is 4.90 Å². The first kappa shape index (κ1) is 13.7. The number of carbonyl (C=O) groups is 1. The van der Waals surface area contributed by atoms with E-state index in [4.69, 9.17) is 18.0 Å².